The smallest absolute Gasteiger partial charge is 0.225 e. The molecule has 25 heavy (non-hydrogen) atoms. The second-order valence-corrected chi connectivity index (χ2v) is 6.49. The number of hydrogen-bond acceptors (Lipinski definition) is 8. The van der Waals surface area contributed by atoms with Gasteiger partial charge in [0.2, 0.25) is 5.95 Å². The molecule has 3 rings (SSSR count). The summed E-state index contributed by atoms with van der Waals surface area (Å²) in [6.45, 7) is 4.22. The Hall–Kier alpha value is -2.58. The predicted octanol–water partition coefficient (Wildman–Crippen LogP) is 1.44. The van der Waals surface area contributed by atoms with Gasteiger partial charge in [0.15, 0.2) is 5.82 Å². The Labute approximate surface area is 147 Å². The van der Waals surface area contributed by atoms with Gasteiger partial charge in [0.1, 0.15) is 5.75 Å². The summed E-state index contributed by atoms with van der Waals surface area (Å²) < 4.78 is 5.17. The molecule has 2 atom stereocenters. The molecule has 1 fully saturated rings. The minimum Gasteiger partial charge on any atom is -0.497 e. The van der Waals surface area contributed by atoms with Crippen LogP contribution in [0, 0.1) is 5.92 Å². The largest absolute Gasteiger partial charge is 0.497 e. The molecule has 1 aromatic heterocycles. The van der Waals surface area contributed by atoms with Crippen LogP contribution in [0.4, 0.5) is 23.1 Å². The zero-order valence-electron chi connectivity index (χ0n) is 14.8. The van der Waals surface area contributed by atoms with E-state index >= 15 is 0 Å². The number of nitrogens with zero attached hydrogens (tertiary/aromatic N) is 4. The van der Waals surface area contributed by atoms with Crippen molar-refractivity contribution in [2.45, 2.75) is 13.0 Å². The van der Waals surface area contributed by atoms with Crippen molar-refractivity contribution in [1.82, 2.24) is 14.9 Å². The van der Waals surface area contributed by atoms with E-state index in [1.165, 1.54) is 5.01 Å². The van der Waals surface area contributed by atoms with Gasteiger partial charge in [0, 0.05) is 19.1 Å². The van der Waals surface area contributed by atoms with E-state index in [9.17, 15) is 0 Å². The van der Waals surface area contributed by atoms with Crippen LogP contribution in [0.5, 0.6) is 5.75 Å². The molecule has 2 unspecified atom stereocenters. The first-order valence-electron chi connectivity index (χ1n) is 8.24. The number of ether oxygens (including phenoxy) is 1. The first-order chi connectivity index (χ1) is 12.0. The molecule has 0 amide bonds. The van der Waals surface area contributed by atoms with Gasteiger partial charge in [0.05, 0.1) is 24.7 Å². The van der Waals surface area contributed by atoms with Gasteiger partial charge in [0.25, 0.3) is 0 Å². The zero-order chi connectivity index (χ0) is 18.0. The molecule has 1 aliphatic heterocycles. The number of anilines is 4. The average Bonchev–Trinajstić information content (AvgIpc) is 2.93. The lowest BCUT2D eigenvalue weighted by atomic mass is 10.1. The zero-order valence-corrected chi connectivity index (χ0v) is 14.8. The Kier molecular flexibility index (Phi) is 4.91. The summed E-state index contributed by atoms with van der Waals surface area (Å²) in [6.07, 6.45) is 1.58. The number of aromatic nitrogens is 2. The number of benzene rings is 1. The highest BCUT2D eigenvalue weighted by molar-refractivity contribution is 5.70. The lowest BCUT2D eigenvalue weighted by Gasteiger charge is -2.21. The third-order valence-electron chi connectivity index (χ3n) is 4.48. The predicted molar refractivity (Wildman–Crippen MR) is 99.8 cm³/mol. The standard InChI is InChI=1S/C17H25N7O/c1-11-9-23(2)10-15(11)21-17-20-8-14(18)16(22-17)24(19)12-4-6-13(25-3)7-5-12/h4-8,11,15H,9-10,18-19H2,1-3H3,(H,20,21,22). The van der Waals surface area contributed by atoms with Gasteiger partial charge in [-0.05, 0) is 37.2 Å². The molecule has 0 saturated carbocycles. The molecular weight excluding hydrogens is 318 g/mol. The SMILES string of the molecule is COc1ccc(N(N)c2nc(NC3CN(C)CC3C)ncc2N)cc1. The Morgan fingerprint density at radius 2 is 2.00 bits per heavy atom. The van der Waals surface area contributed by atoms with Crippen LogP contribution in [0.3, 0.4) is 0 Å². The summed E-state index contributed by atoms with van der Waals surface area (Å²) in [6, 6.07) is 7.67. The number of rotatable bonds is 5. The van der Waals surface area contributed by atoms with Crippen molar-refractivity contribution in [3.05, 3.63) is 30.5 Å². The highest BCUT2D eigenvalue weighted by atomic mass is 16.5. The lowest BCUT2D eigenvalue weighted by molar-refractivity contribution is 0.401. The van der Waals surface area contributed by atoms with Crippen LogP contribution in [0.15, 0.2) is 30.5 Å². The highest BCUT2D eigenvalue weighted by Crippen LogP contribution is 2.28. The van der Waals surface area contributed by atoms with Crippen molar-refractivity contribution in [2.24, 2.45) is 11.8 Å². The first-order valence-corrected chi connectivity index (χ1v) is 8.24. The van der Waals surface area contributed by atoms with Gasteiger partial charge < -0.3 is 20.7 Å². The van der Waals surface area contributed by atoms with Crippen molar-refractivity contribution in [3.8, 4) is 5.75 Å². The normalized spacial score (nSPS) is 20.5. The van der Waals surface area contributed by atoms with Gasteiger partial charge in [-0.15, -0.1) is 0 Å². The molecule has 0 bridgehead atoms. The van der Waals surface area contributed by atoms with Gasteiger partial charge in [-0.2, -0.15) is 4.98 Å². The van der Waals surface area contributed by atoms with E-state index in [2.05, 4.69) is 34.2 Å². The van der Waals surface area contributed by atoms with Gasteiger partial charge >= 0.3 is 0 Å². The number of methoxy groups -OCH3 is 1. The first kappa shape index (κ1) is 17.2. The number of nitrogens with one attached hydrogen (secondary N) is 1. The number of nitrogens with two attached hydrogens (primary N) is 2. The molecule has 2 heterocycles. The van der Waals surface area contributed by atoms with Crippen LogP contribution >= 0.6 is 0 Å². The van der Waals surface area contributed by atoms with Crippen LogP contribution in [0.2, 0.25) is 0 Å². The van der Waals surface area contributed by atoms with Crippen LogP contribution in [0.25, 0.3) is 0 Å². The van der Waals surface area contributed by atoms with E-state index in [0.717, 1.165) is 24.5 Å². The summed E-state index contributed by atoms with van der Waals surface area (Å²) in [4.78, 5) is 11.1. The topological polar surface area (TPSA) is 106 Å². The van der Waals surface area contributed by atoms with Crippen molar-refractivity contribution >= 4 is 23.1 Å². The van der Waals surface area contributed by atoms with Gasteiger partial charge in [-0.3, -0.25) is 5.01 Å². The molecule has 2 aromatic rings. The van der Waals surface area contributed by atoms with E-state index in [0.29, 0.717) is 29.4 Å². The Bertz CT molecular complexity index is 721. The van der Waals surface area contributed by atoms with Crippen molar-refractivity contribution in [3.63, 3.8) is 0 Å². The minimum absolute atomic E-state index is 0.300. The average molecular weight is 343 g/mol. The molecular formula is C17H25N7O. The van der Waals surface area contributed by atoms with Gasteiger partial charge in [-0.25, -0.2) is 10.8 Å². The van der Waals surface area contributed by atoms with Crippen LogP contribution in [-0.2, 0) is 0 Å². The Balaban J connectivity index is 1.80. The van der Waals surface area contributed by atoms with Crippen LogP contribution in [0.1, 0.15) is 6.92 Å². The molecule has 0 spiro atoms. The second-order valence-electron chi connectivity index (χ2n) is 6.49. The summed E-state index contributed by atoms with van der Waals surface area (Å²) in [7, 11) is 3.73. The van der Waals surface area contributed by atoms with E-state index in [-0.39, 0.29) is 0 Å². The number of likely N-dealkylation sites (N-methyl/N-ethyl adjacent to an activating group) is 1. The number of hydrogen-bond donors (Lipinski definition) is 3. The number of likely N-dealkylation sites (tertiary alicyclic amines) is 1. The fraction of sp³-hybridized carbons (Fsp3) is 0.412. The van der Waals surface area contributed by atoms with Crippen LogP contribution in [-0.4, -0.2) is 48.2 Å². The maximum atomic E-state index is 6.22. The van der Waals surface area contributed by atoms with E-state index in [1.807, 2.05) is 24.3 Å². The molecule has 5 N–H and O–H groups in total. The maximum absolute atomic E-state index is 6.22. The summed E-state index contributed by atoms with van der Waals surface area (Å²) in [5, 5.41) is 4.84. The third kappa shape index (κ3) is 3.75. The van der Waals surface area contributed by atoms with E-state index in [4.69, 9.17) is 16.3 Å². The molecule has 1 aromatic carbocycles. The number of nitrogen functional groups attached to an aromatic ring is 1. The van der Waals surface area contributed by atoms with E-state index < -0.39 is 0 Å². The monoisotopic (exact) mass is 343 g/mol. The Morgan fingerprint density at radius 3 is 2.60 bits per heavy atom. The maximum Gasteiger partial charge on any atom is 0.225 e. The second kappa shape index (κ2) is 7.12. The third-order valence-corrected chi connectivity index (χ3v) is 4.48. The van der Waals surface area contributed by atoms with Crippen molar-refractivity contribution in [2.75, 3.05) is 43.3 Å². The molecule has 8 nitrogen and oxygen atoms in total. The molecule has 1 aliphatic rings. The Morgan fingerprint density at radius 1 is 1.28 bits per heavy atom. The quantitative estimate of drug-likeness (QED) is 0.553. The fourth-order valence-corrected chi connectivity index (χ4v) is 3.07. The summed E-state index contributed by atoms with van der Waals surface area (Å²) in [5.74, 6) is 8.49. The van der Waals surface area contributed by atoms with Crippen molar-refractivity contribution < 1.29 is 4.74 Å². The molecule has 0 aliphatic carbocycles. The van der Waals surface area contributed by atoms with Gasteiger partial charge in [-0.1, -0.05) is 6.92 Å². The molecule has 8 heteroatoms. The number of hydrazine groups is 1. The molecule has 0 radical (unpaired) electrons. The summed E-state index contributed by atoms with van der Waals surface area (Å²) in [5.41, 5.74) is 7.21. The minimum atomic E-state index is 0.300. The van der Waals surface area contributed by atoms with Crippen molar-refractivity contribution in [1.29, 1.82) is 0 Å². The molecule has 134 valence electrons. The summed E-state index contributed by atoms with van der Waals surface area (Å²) >= 11 is 0. The van der Waals surface area contributed by atoms with Crippen LogP contribution < -0.4 is 26.6 Å². The molecule has 1 saturated heterocycles. The van der Waals surface area contributed by atoms with E-state index in [1.54, 1.807) is 13.3 Å². The fourth-order valence-electron chi connectivity index (χ4n) is 3.07. The lowest BCUT2D eigenvalue weighted by Crippen LogP contribution is -2.30. The highest BCUT2D eigenvalue weighted by Gasteiger charge is 2.28.